The van der Waals surface area contributed by atoms with Gasteiger partial charge in [0.25, 0.3) is 0 Å². The fourth-order valence-corrected chi connectivity index (χ4v) is 3.71. The number of halogens is 2. The SMILES string of the molecule is CCCNCc1sc(-c2ccc(Cl)c(Cl)c2)nc1C1CC1. The van der Waals surface area contributed by atoms with Gasteiger partial charge in [-0.15, -0.1) is 11.3 Å². The number of rotatable bonds is 6. The molecule has 1 aromatic heterocycles. The minimum atomic E-state index is 0.586. The van der Waals surface area contributed by atoms with E-state index in [0.717, 1.165) is 30.1 Å². The van der Waals surface area contributed by atoms with E-state index < -0.39 is 0 Å². The Labute approximate surface area is 139 Å². The number of hydrogen-bond acceptors (Lipinski definition) is 3. The van der Waals surface area contributed by atoms with Crippen LogP contribution < -0.4 is 5.32 Å². The lowest BCUT2D eigenvalue weighted by molar-refractivity contribution is 0.676. The minimum absolute atomic E-state index is 0.586. The Morgan fingerprint density at radius 2 is 2.10 bits per heavy atom. The van der Waals surface area contributed by atoms with Crippen LogP contribution in [-0.4, -0.2) is 11.5 Å². The van der Waals surface area contributed by atoms with E-state index in [0.29, 0.717) is 16.0 Å². The second-order valence-corrected chi connectivity index (χ2v) is 7.31. The maximum atomic E-state index is 6.12. The first-order valence-electron chi connectivity index (χ1n) is 7.34. The molecule has 3 rings (SSSR count). The Bertz CT molecular complexity index is 635. The topological polar surface area (TPSA) is 24.9 Å². The monoisotopic (exact) mass is 340 g/mol. The second kappa shape index (κ2) is 6.66. The number of benzene rings is 1. The van der Waals surface area contributed by atoms with Gasteiger partial charge in [-0.2, -0.15) is 0 Å². The number of nitrogens with zero attached hydrogens (tertiary/aromatic N) is 1. The van der Waals surface area contributed by atoms with E-state index in [9.17, 15) is 0 Å². The Kier molecular flexibility index (Phi) is 4.85. The van der Waals surface area contributed by atoms with Crippen LogP contribution in [0.3, 0.4) is 0 Å². The summed E-state index contributed by atoms with van der Waals surface area (Å²) >= 11 is 13.9. The molecule has 0 saturated heterocycles. The summed E-state index contributed by atoms with van der Waals surface area (Å²) < 4.78 is 0. The average molecular weight is 341 g/mol. The fraction of sp³-hybridized carbons (Fsp3) is 0.438. The maximum absolute atomic E-state index is 6.12. The molecule has 2 nitrogen and oxygen atoms in total. The fourth-order valence-electron chi connectivity index (χ4n) is 2.30. The van der Waals surface area contributed by atoms with Gasteiger partial charge in [-0.3, -0.25) is 0 Å². The lowest BCUT2D eigenvalue weighted by atomic mass is 10.2. The van der Waals surface area contributed by atoms with Crippen molar-refractivity contribution in [2.45, 2.75) is 38.6 Å². The molecule has 0 amide bonds. The van der Waals surface area contributed by atoms with Gasteiger partial charge >= 0.3 is 0 Å². The van der Waals surface area contributed by atoms with Crippen LogP contribution in [0.4, 0.5) is 0 Å². The molecule has 0 radical (unpaired) electrons. The van der Waals surface area contributed by atoms with E-state index >= 15 is 0 Å². The molecule has 112 valence electrons. The Morgan fingerprint density at radius 1 is 1.29 bits per heavy atom. The van der Waals surface area contributed by atoms with Crippen molar-refractivity contribution in [1.82, 2.24) is 10.3 Å². The largest absolute Gasteiger partial charge is 0.312 e. The van der Waals surface area contributed by atoms with Crippen molar-refractivity contribution >= 4 is 34.5 Å². The van der Waals surface area contributed by atoms with Crippen molar-refractivity contribution < 1.29 is 0 Å². The zero-order valence-electron chi connectivity index (χ0n) is 12.0. The highest BCUT2D eigenvalue weighted by Gasteiger charge is 2.29. The summed E-state index contributed by atoms with van der Waals surface area (Å²) in [4.78, 5) is 6.24. The highest BCUT2D eigenvalue weighted by molar-refractivity contribution is 7.15. The molecule has 1 aliphatic rings. The minimum Gasteiger partial charge on any atom is -0.312 e. The molecule has 1 fully saturated rings. The molecule has 21 heavy (non-hydrogen) atoms. The number of thiazole rings is 1. The normalized spacial score (nSPS) is 14.6. The van der Waals surface area contributed by atoms with Gasteiger partial charge in [0, 0.05) is 22.9 Å². The standard InChI is InChI=1S/C16H18Cl2N2S/c1-2-7-19-9-14-15(10-3-4-10)20-16(21-14)11-5-6-12(17)13(18)8-11/h5-6,8,10,19H,2-4,7,9H2,1H3. The van der Waals surface area contributed by atoms with Crippen molar-refractivity contribution in [2.24, 2.45) is 0 Å². The first-order valence-corrected chi connectivity index (χ1v) is 8.92. The molecule has 1 N–H and O–H groups in total. The molecule has 1 saturated carbocycles. The Hall–Kier alpha value is -0.610. The van der Waals surface area contributed by atoms with Gasteiger partial charge in [-0.05, 0) is 37.9 Å². The van der Waals surface area contributed by atoms with Gasteiger partial charge in [-0.1, -0.05) is 36.2 Å². The maximum Gasteiger partial charge on any atom is 0.123 e. The first kappa shape index (κ1) is 15.3. The highest BCUT2D eigenvalue weighted by Crippen LogP contribution is 2.44. The summed E-state index contributed by atoms with van der Waals surface area (Å²) in [7, 11) is 0. The molecule has 0 bridgehead atoms. The highest BCUT2D eigenvalue weighted by atomic mass is 35.5. The molecule has 2 aromatic rings. The summed E-state index contributed by atoms with van der Waals surface area (Å²) in [5.41, 5.74) is 2.34. The molecule has 5 heteroatoms. The van der Waals surface area contributed by atoms with Crippen LogP contribution in [0.5, 0.6) is 0 Å². The third-order valence-electron chi connectivity index (χ3n) is 3.57. The van der Waals surface area contributed by atoms with Crippen molar-refractivity contribution in [3.8, 4) is 10.6 Å². The summed E-state index contributed by atoms with van der Waals surface area (Å²) in [6.45, 7) is 4.14. The third-order valence-corrected chi connectivity index (χ3v) is 5.43. The van der Waals surface area contributed by atoms with Crippen LogP contribution in [-0.2, 0) is 6.54 Å². The van der Waals surface area contributed by atoms with Crippen LogP contribution in [0.2, 0.25) is 10.0 Å². The van der Waals surface area contributed by atoms with Gasteiger partial charge in [0.15, 0.2) is 0 Å². The van der Waals surface area contributed by atoms with E-state index in [2.05, 4.69) is 12.2 Å². The zero-order chi connectivity index (χ0) is 14.8. The molecule has 1 aliphatic carbocycles. The van der Waals surface area contributed by atoms with E-state index in [4.69, 9.17) is 28.2 Å². The molecule has 1 aromatic carbocycles. The van der Waals surface area contributed by atoms with Gasteiger partial charge < -0.3 is 5.32 Å². The number of hydrogen-bond donors (Lipinski definition) is 1. The van der Waals surface area contributed by atoms with Crippen molar-refractivity contribution in [1.29, 1.82) is 0 Å². The Balaban J connectivity index is 1.88. The molecule has 0 unspecified atom stereocenters. The van der Waals surface area contributed by atoms with Crippen LogP contribution >= 0.6 is 34.5 Å². The molecular weight excluding hydrogens is 323 g/mol. The predicted octanol–water partition coefficient (Wildman–Crippen LogP) is 5.49. The van der Waals surface area contributed by atoms with E-state index in [1.54, 1.807) is 11.3 Å². The van der Waals surface area contributed by atoms with E-state index in [1.165, 1.54) is 23.4 Å². The van der Waals surface area contributed by atoms with Crippen molar-refractivity contribution in [3.63, 3.8) is 0 Å². The van der Waals surface area contributed by atoms with Crippen LogP contribution in [0, 0.1) is 0 Å². The lowest BCUT2D eigenvalue weighted by Gasteiger charge is -2.01. The van der Waals surface area contributed by atoms with Gasteiger partial charge in [0.2, 0.25) is 0 Å². The van der Waals surface area contributed by atoms with Crippen LogP contribution in [0.15, 0.2) is 18.2 Å². The summed E-state index contributed by atoms with van der Waals surface area (Å²) in [5, 5.41) is 5.70. The van der Waals surface area contributed by atoms with Crippen molar-refractivity contribution in [3.05, 3.63) is 38.8 Å². The smallest absolute Gasteiger partial charge is 0.123 e. The molecule has 0 spiro atoms. The molecule has 0 atom stereocenters. The third kappa shape index (κ3) is 3.59. The molecule has 1 heterocycles. The van der Waals surface area contributed by atoms with Gasteiger partial charge in [0.05, 0.1) is 15.7 Å². The Morgan fingerprint density at radius 3 is 2.76 bits per heavy atom. The van der Waals surface area contributed by atoms with Crippen LogP contribution in [0.1, 0.15) is 42.7 Å². The zero-order valence-corrected chi connectivity index (χ0v) is 14.3. The van der Waals surface area contributed by atoms with Crippen molar-refractivity contribution in [2.75, 3.05) is 6.54 Å². The van der Waals surface area contributed by atoms with E-state index in [1.807, 2.05) is 18.2 Å². The summed E-state index contributed by atoms with van der Waals surface area (Å²) in [5.74, 6) is 0.663. The first-order chi connectivity index (χ1) is 10.2. The van der Waals surface area contributed by atoms with Gasteiger partial charge in [-0.25, -0.2) is 4.98 Å². The van der Waals surface area contributed by atoms with Gasteiger partial charge in [0.1, 0.15) is 5.01 Å². The summed E-state index contributed by atoms with van der Waals surface area (Å²) in [6.07, 6.45) is 3.69. The van der Waals surface area contributed by atoms with Crippen LogP contribution in [0.25, 0.3) is 10.6 Å². The summed E-state index contributed by atoms with van der Waals surface area (Å²) in [6, 6.07) is 5.74. The lowest BCUT2D eigenvalue weighted by Crippen LogP contribution is -2.13. The molecular formula is C16H18Cl2N2S. The quantitative estimate of drug-likeness (QED) is 0.702. The molecule has 0 aliphatic heterocycles. The predicted molar refractivity (Wildman–Crippen MR) is 91.5 cm³/mol. The average Bonchev–Trinajstić information content (AvgIpc) is 3.23. The number of aromatic nitrogens is 1. The second-order valence-electron chi connectivity index (χ2n) is 5.41. The number of nitrogens with one attached hydrogen (secondary N) is 1. The van der Waals surface area contributed by atoms with E-state index in [-0.39, 0.29) is 0 Å².